The minimum absolute atomic E-state index is 0.961. The van der Waals surface area contributed by atoms with Crippen LogP contribution in [-0.2, 0) is 0 Å². The van der Waals surface area contributed by atoms with Crippen LogP contribution in [0.2, 0.25) is 0 Å². The van der Waals surface area contributed by atoms with E-state index in [-0.39, 0.29) is 0 Å². The quantitative estimate of drug-likeness (QED) is 0.561. The molecular formula is C4H11NS2. The topological polar surface area (TPSA) is 3.24 Å². The highest BCUT2D eigenvalue weighted by molar-refractivity contribution is 7.93. The van der Waals surface area contributed by atoms with Crippen LogP contribution in [0.3, 0.4) is 0 Å². The van der Waals surface area contributed by atoms with Crippen molar-refractivity contribution in [3.8, 4) is 0 Å². The van der Waals surface area contributed by atoms with Crippen LogP contribution in [-0.4, -0.2) is 10.3 Å². The Kier molecular flexibility index (Phi) is 5.26. The Morgan fingerprint density at radius 2 is 2.00 bits per heavy atom. The number of hydrogen-bond acceptors (Lipinski definition) is 3. The Morgan fingerprint density at radius 1 is 1.43 bits per heavy atom. The molecule has 0 spiro atoms. The highest BCUT2D eigenvalue weighted by Gasteiger charge is 1.86. The zero-order valence-corrected chi connectivity index (χ0v) is 6.25. The lowest BCUT2D eigenvalue weighted by Crippen LogP contribution is -1.98. The second kappa shape index (κ2) is 4.81. The van der Waals surface area contributed by atoms with E-state index in [0.29, 0.717) is 0 Å². The third-order valence-electron chi connectivity index (χ3n) is 0.712. The van der Waals surface area contributed by atoms with Gasteiger partial charge in [-0.3, -0.25) is 0 Å². The van der Waals surface area contributed by atoms with Crippen molar-refractivity contribution in [1.29, 1.82) is 0 Å². The third-order valence-corrected chi connectivity index (χ3v) is 1.11. The number of nitrogens with zero attached hydrogens (tertiary/aromatic N) is 1. The highest BCUT2D eigenvalue weighted by atomic mass is 32.2. The van der Waals surface area contributed by atoms with E-state index in [1.807, 2.05) is 0 Å². The minimum Gasteiger partial charge on any atom is -0.200 e. The Balaban J connectivity index is 2.68. The van der Waals surface area contributed by atoms with Crippen LogP contribution in [0, 0.1) is 0 Å². The lowest BCUT2D eigenvalue weighted by molar-refractivity contribution is 0.671. The molecular weight excluding hydrogens is 126 g/mol. The molecule has 0 aromatic carbocycles. The average molecular weight is 137 g/mol. The molecule has 0 aliphatic rings. The largest absolute Gasteiger partial charge is 0.200 e. The molecule has 0 aromatic heterocycles. The monoisotopic (exact) mass is 137 g/mol. The van der Waals surface area contributed by atoms with Crippen LogP contribution in [0.15, 0.2) is 0 Å². The van der Waals surface area contributed by atoms with Gasteiger partial charge in [0.1, 0.15) is 0 Å². The van der Waals surface area contributed by atoms with Gasteiger partial charge in [-0.2, -0.15) is 0 Å². The first-order valence-electron chi connectivity index (χ1n) is 2.42. The van der Waals surface area contributed by atoms with Gasteiger partial charge in [-0.15, -0.1) is 0 Å². The molecule has 7 heavy (non-hydrogen) atoms. The fraction of sp³-hybridized carbons (Fsp3) is 1.00. The fourth-order valence-electron chi connectivity index (χ4n) is 0.300. The second-order valence-electron chi connectivity index (χ2n) is 1.45. The van der Waals surface area contributed by atoms with Gasteiger partial charge < -0.3 is 0 Å². The van der Waals surface area contributed by atoms with Crippen molar-refractivity contribution in [2.75, 3.05) is 6.54 Å². The first kappa shape index (κ1) is 7.66. The summed E-state index contributed by atoms with van der Waals surface area (Å²) in [5.41, 5.74) is 0. The van der Waals surface area contributed by atoms with Gasteiger partial charge >= 0.3 is 0 Å². The molecule has 0 radical (unpaired) electrons. The molecule has 0 amide bonds. The molecule has 44 valence electrons. The first-order chi connectivity index (χ1) is 3.27. The summed E-state index contributed by atoms with van der Waals surface area (Å²) >= 11 is 7.86. The summed E-state index contributed by atoms with van der Waals surface area (Å²) < 4.78 is 1.60. The molecule has 0 aliphatic carbocycles. The number of rotatable bonds is 3. The van der Waals surface area contributed by atoms with Crippen LogP contribution >= 0.6 is 25.6 Å². The summed E-state index contributed by atoms with van der Waals surface area (Å²) in [7, 11) is 0. The van der Waals surface area contributed by atoms with Gasteiger partial charge in [0.2, 0.25) is 0 Å². The number of thiol groups is 2. The van der Waals surface area contributed by atoms with Crippen LogP contribution < -0.4 is 0 Å². The van der Waals surface area contributed by atoms with Crippen molar-refractivity contribution in [1.82, 2.24) is 3.71 Å². The molecule has 0 fully saturated rings. The van der Waals surface area contributed by atoms with E-state index in [9.17, 15) is 0 Å². The Labute approximate surface area is 56.2 Å². The van der Waals surface area contributed by atoms with E-state index in [1.165, 1.54) is 12.8 Å². The SMILES string of the molecule is CCCCN(S)S. The maximum Gasteiger partial charge on any atom is 0.0197 e. The minimum atomic E-state index is 0.961. The maximum absolute atomic E-state index is 3.93. The van der Waals surface area contributed by atoms with Crippen LogP contribution in [0.5, 0.6) is 0 Å². The normalized spacial score (nSPS) is 10.3. The molecule has 0 rings (SSSR count). The summed E-state index contributed by atoms with van der Waals surface area (Å²) in [5.74, 6) is 0. The van der Waals surface area contributed by atoms with Crippen LogP contribution in [0.4, 0.5) is 0 Å². The van der Waals surface area contributed by atoms with Crippen molar-refractivity contribution in [2.24, 2.45) is 0 Å². The fourth-order valence-corrected chi connectivity index (χ4v) is 0.582. The second-order valence-corrected chi connectivity index (χ2v) is 2.73. The van der Waals surface area contributed by atoms with Gasteiger partial charge in [0, 0.05) is 6.54 Å². The number of unbranched alkanes of at least 4 members (excludes halogenated alkanes) is 1. The van der Waals surface area contributed by atoms with Gasteiger partial charge in [-0.05, 0) is 6.42 Å². The molecule has 0 saturated heterocycles. The Bertz CT molecular complexity index is 38.7. The van der Waals surface area contributed by atoms with E-state index in [1.54, 1.807) is 3.71 Å². The smallest absolute Gasteiger partial charge is 0.0197 e. The predicted octanol–water partition coefficient (Wildman–Crippen LogP) is 1.78. The summed E-state index contributed by atoms with van der Waals surface area (Å²) in [5, 5.41) is 0. The Hall–Kier alpha value is 0.660. The molecule has 0 bridgehead atoms. The van der Waals surface area contributed by atoms with Gasteiger partial charge in [0.25, 0.3) is 0 Å². The van der Waals surface area contributed by atoms with E-state index in [0.717, 1.165) is 6.54 Å². The van der Waals surface area contributed by atoms with E-state index >= 15 is 0 Å². The van der Waals surface area contributed by atoms with Crippen molar-refractivity contribution < 1.29 is 0 Å². The van der Waals surface area contributed by atoms with Crippen LogP contribution in [0.25, 0.3) is 0 Å². The lowest BCUT2D eigenvalue weighted by atomic mass is 10.3. The van der Waals surface area contributed by atoms with Crippen LogP contribution in [0.1, 0.15) is 19.8 Å². The van der Waals surface area contributed by atoms with Gasteiger partial charge in [0.05, 0.1) is 0 Å². The number of hydrogen-bond donors (Lipinski definition) is 2. The first-order valence-corrected chi connectivity index (χ1v) is 3.22. The van der Waals surface area contributed by atoms with E-state index < -0.39 is 0 Å². The molecule has 0 heterocycles. The Morgan fingerprint density at radius 3 is 2.14 bits per heavy atom. The molecule has 0 saturated carbocycles. The lowest BCUT2D eigenvalue weighted by Gasteiger charge is -2.02. The highest BCUT2D eigenvalue weighted by Crippen LogP contribution is 1.99. The van der Waals surface area contributed by atoms with Crippen molar-refractivity contribution in [3.63, 3.8) is 0 Å². The standard InChI is InChI=1S/C4H11NS2/c1-2-3-4-5(6)7/h6-7H,2-4H2,1H3. The zero-order valence-electron chi connectivity index (χ0n) is 4.46. The van der Waals surface area contributed by atoms with E-state index in [4.69, 9.17) is 0 Å². The molecule has 0 aromatic rings. The third kappa shape index (κ3) is 6.66. The molecule has 0 unspecified atom stereocenters. The molecule has 0 N–H and O–H groups in total. The average Bonchev–Trinajstić information content (AvgIpc) is 1.61. The van der Waals surface area contributed by atoms with E-state index in [2.05, 4.69) is 32.6 Å². The molecule has 0 atom stereocenters. The molecule has 0 aliphatic heterocycles. The summed E-state index contributed by atoms with van der Waals surface area (Å²) in [6.07, 6.45) is 2.38. The summed E-state index contributed by atoms with van der Waals surface area (Å²) in [6.45, 7) is 3.10. The molecule has 1 nitrogen and oxygen atoms in total. The van der Waals surface area contributed by atoms with Crippen molar-refractivity contribution in [3.05, 3.63) is 0 Å². The predicted molar refractivity (Wildman–Crippen MR) is 39.6 cm³/mol. The van der Waals surface area contributed by atoms with Gasteiger partial charge in [0.15, 0.2) is 0 Å². The van der Waals surface area contributed by atoms with Gasteiger partial charge in [-0.1, -0.05) is 39.0 Å². The summed E-state index contributed by atoms with van der Waals surface area (Å²) in [4.78, 5) is 0. The van der Waals surface area contributed by atoms with Crippen molar-refractivity contribution >= 4 is 25.6 Å². The summed E-state index contributed by atoms with van der Waals surface area (Å²) in [6, 6.07) is 0. The van der Waals surface area contributed by atoms with Gasteiger partial charge in [-0.25, -0.2) is 3.71 Å². The zero-order chi connectivity index (χ0) is 5.70. The maximum atomic E-state index is 3.93. The van der Waals surface area contributed by atoms with Crippen molar-refractivity contribution in [2.45, 2.75) is 19.8 Å². The molecule has 3 heteroatoms.